The Bertz CT molecular complexity index is 615. The van der Waals surface area contributed by atoms with E-state index in [9.17, 15) is 5.11 Å². The predicted molar refractivity (Wildman–Crippen MR) is 83.8 cm³/mol. The van der Waals surface area contributed by atoms with E-state index in [1.54, 1.807) is 7.11 Å². The van der Waals surface area contributed by atoms with E-state index in [-0.39, 0.29) is 6.10 Å². The first-order chi connectivity index (χ1) is 10.2. The summed E-state index contributed by atoms with van der Waals surface area (Å²) in [4.78, 5) is 2.34. The third-order valence-corrected chi connectivity index (χ3v) is 4.26. The Morgan fingerprint density at radius 3 is 2.81 bits per heavy atom. The number of piperidine rings is 1. The van der Waals surface area contributed by atoms with Crippen molar-refractivity contribution in [2.75, 3.05) is 31.7 Å². The monoisotopic (exact) mass is 289 g/mol. The normalized spacial score (nSPS) is 16.8. The largest absolute Gasteiger partial charge is 0.393 e. The molecule has 0 spiro atoms. The van der Waals surface area contributed by atoms with E-state index in [1.165, 1.54) is 11.1 Å². The topological polar surface area (TPSA) is 50.5 Å². The zero-order chi connectivity index (χ0) is 14.8. The summed E-state index contributed by atoms with van der Waals surface area (Å²) < 4.78 is 7.19. The molecule has 0 amide bonds. The summed E-state index contributed by atoms with van der Waals surface area (Å²) >= 11 is 0. The van der Waals surface area contributed by atoms with E-state index in [4.69, 9.17) is 4.74 Å². The Kier molecular flexibility index (Phi) is 4.12. The van der Waals surface area contributed by atoms with Gasteiger partial charge in [-0.15, -0.1) is 0 Å². The first-order valence-corrected chi connectivity index (χ1v) is 7.58. The van der Waals surface area contributed by atoms with Gasteiger partial charge in [-0.1, -0.05) is 0 Å². The summed E-state index contributed by atoms with van der Waals surface area (Å²) in [5, 5.41) is 15.4. The molecular weight excluding hydrogens is 266 g/mol. The lowest BCUT2D eigenvalue weighted by Gasteiger charge is -2.31. The van der Waals surface area contributed by atoms with Gasteiger partial charge in [0.25, 0.3) is 0 Å². The highest BCUT2D eigenvalue weighted by Gasteiger charge is 2.18. The van der Waals surface area contributed by atoms with Gasteiger partial charge in [0.15, 0.2) is 0 Å². The fourth-order valence-corrected chi connectivity index (χ4v) is 3.00. The highest BCUT2D eigenvalue weighted by Crippen LogP contribution is 2.26. The number of rotatable bonds is 4. The van der Waals surface area contributed by atoms with Crippen molar-refractivity contribution in [3.05, 3.63) is 23.9 Å². The number of aliphatic hydroxyl groups excluding tert-OH is 1. The van der Waals surface area contributed by atoms with Gasteiger partial charge in [-0.2, -0.15) is 5.10 Å². The molecule has 5 heteroatoms. The van der Waals surface area contributed by atoms with E-state index in [1.807, 2.05) is 11.6 Å². The maximum Gasteiger partial charge on any atom is 0.0706 e. The van der Waals surface area contributed by atoms with Crippen LogP contribution >= 0.6 is 0 Å². The van der Waals surface area contributed by atoms with Gasteiger partial charge in [0.2, 0.25) is 0 Å². The quantitative estimate of drug-likeness (QED) is 0.934. The van der Waals surface area contributed by atoms with Crippen molar-refractivity contribution in [3.8, 4) is 0 Å². The Morgan fingerprint density at radius 1 is 1.33 bits per heavy atom. The molecule has 0 radical (unpaired) electrons. The van der Waals surface area contributed by atoms with Crippen LogP contribution in [0.25, 0.3) is 10.9 Å². The summed E-state index contributed by atoms with van der Waals surface area (Å²) in [6.07, 6.45) is 1.56. The molecule has 5 nitrogen and oxygen atoms in total. The van der Waals surface area contributed by atoms with E-state index in [2.05, 4.69) is 28.2 Å². The van der Waals surface area contributed by atoms with Gasteiger partial charge in [-0.05, 0) is 38.0 Å². The smallest absolute Gasteiger partial charge is 0.0706 e. The number of fused-ring (bicyclic) bond motifs is 1. The van der Waals surface area contributed by atoms with Gasteiger partial charge in [-0.3, -0.25) is 4.68 Å². The zero-order valence-electron chi connectivity index (χ0n) is 12.7. The highest BCUT2D eigenvalue weighted by atomic mass is 16.5. The van der Waals surface area contributed by atoms with Crippen LogP contribution in [-0.4, -0.2) is 47.8 Å². The number of aliphatic hydroxyl groups is 1. The molecule has 2 aromatic rings. The molecule has 0 atom stereocenters. The number of ether oxygens (including phenoxy) is 1. The third-order valence-electron chi connectivity index (χ3n) is 4.26. The standard InChI is InChI=1S/C16H23N3O2/c1-12-15-4-3-13(18-7-5-14(20)6-8-18)11-16(15)19(17-12)9-10-21-2/h3-4,11,14,20H,5-10H2,1-2H3. The van der Waals surface area contributed by atoms with Crippen LogP contribution in [0.1, 0.15) is 18.5 Å². The fraction of sp³-hybridized carbons (Fsp3) is 0.562. The molecule has 1 aliphatic heterocycles. The maximum atomic E-state index is 9.64. The second-order valence-corrected chi connectivity index (χ2v) is 5.72. The van der Waals surface area contributed by atoms with Gasteiger partial charge in [0, 0.05) is 31.3 Å². The van der Waals surface area contributed by atoms with Gasteiger partial charge in [0.05, 0.1) is 30.5 Å². The molecule has 2 heterocycles. The van der Waals surface area contributed by atoms with Crippen molar-refractivity contribution in [2.45, 2.75) is 32.4 Å². The summed E-state index contributed by atoms with van der Waals surface area (Å²) in [6, 6.07) is 6.53. The average Bonchev–Trinajstić information content (AvgIpc) is 2.82. The summed E-state index contributed by atoms with van der Waals surface area (Å²) in [5.41, 5.74) is 3.43. The van der Waals surface area contributed by atoms with Gasteiger partial charge in [-0.25, -0.2) is 0 Å². The molecule has 3 rings (SSSR count). The summed E-state index contributed by atoms with van der Waals surface area (Å²) in [5.74, 6) is 0. The molecule has 1 fully saturated rings. The second-order valence-electron chi connectivity index (χ2n) is 5.72. The van der Waals surface area contributed by atoms with Crippen molar-refractivity contribution >= 4 is 16.6 Å². The lowest BCUT2D eigenvalue weighted by molar-refractivity contribution is 0.145. The van der Waals surface area contributed by atoms with Crippen molar-refractivity contribution in [1.29, 1.82) is 0 Å². The molecule has 114 valence electrons. The van der Waals surface area contributed by atoms with Crippen LogP contribution in [0.15, 0.2) is 18.2 Å². The minimum absolute atomic E-state index is 0.139. The predicted octanol–water partition coefficient (Wildman–Crippen LogP) is 1.95. The zero-order valence-corrected chi connectivity index (χ0v) is 12.7. The highest BCUT2D eigenvalue weighted by molar-refractivity contribution is 5.85. The fourth-order valence-electron chi connectivity index (χ4n) is 3.00. The Hall–Kier alpha value is -1.59. The van der Waals surface area contributed by atoms with Crippen LogP contribution in [0.3, 0.4) is 0 Å². The van der Waals surface area contributed by atoms with Crippen molar-refractivity contribution < 1.29 is 9.84 Å². The van der Waals surface area contributed by atoms with Crippen LogP contribution in [-0.2, 0) is 11.3 Å². The molecule has 0 saturated carbocycles. The summed E-state index contributed by atoms with van der Waals surface area (Å²) in [7, 11) is 1.71. The first-order valence-electron chi connectivity index (χ1n) is 7.58. The SMILES string of the molecule is COCCn1nc(C)c2ccc(N3CCC(O)CC3)cc21. The van der Waals surface area contributed by atoms with Gasteiger partial charge < -0.3 is 14.7 Å². The van der Waals surface area contributed by atoms with Crippen LogP contribution in [0, 0.1) is 6.92 Å². The molecule has 0 bridgehead atoms. The lowest BCUT2D eigenvalue weighted by Crippen LogP contribution is -2.35. The molecule has 1 aromatic heterocycles. The van der Waals surface area contributed by atoms with E-state index in [0.717, 1.165) is 43.7 Å². The number of nitrogens with zero attached hydrogens (tertiary/aromatic N) is 3. The molecule has 1 saturated heterocycles. The summed E-state index contributed by atoms with van der Waals surface area (Å²) in [6.45, 7) is 5.30. The minimum Gasteiger partial charge on any atom is -0.393 e. The third kappa shape index (κ3) is 2.89. The van der Waals surface area contributed by atoms with E-state index >= 15 is 0 Å². The van der Waals surface area contributed by atoms with E-state index < -0.39 is 0 Å². The number of hydrogen-bond acceptors (Lipinski definition) is 4. The van der Waals surface area contributed by atoms with Crippen LogP contribution in [0.2, 0.25) is 0 Å². The van der Waals surface area contributed by atoms with Crippen LogP contribution in [0.4, 0.5) is 5.69 Å². The van der Waals surface area contributed by atoms with Crippen LogP contribution < -0.4 is 4.90 Å². The number of anilines is 1. The molecule has 0 aliphatic carbocycles. The Labute approximate surface area is 125 Å². The van der Waals surface area contributed by atoms with Crippen LogP contribution in [0.5, 0.6) is 0 Å². The number of hydrogen-bond donors (Lipinski definition) is 1. The minimum atomic E-state index is -0.139. The van der Waals surface area contributed by atoms with E-state index in [0.29, 0.717) is 6.61 Å². The second kappa shape index (κ2) is 6.03. The van der Waals surface area contributed by atoms with Crippen molar-refractivity contribution in [3.63, 3.8) is 0 Å². The van der Waals surface area contributed by atoms with Crippen molar-refractivity contribution in [1.82, 2.24) is 9.78 Å². The van der Waals surface area contributed by atoms with Gasteiger partial charge >= 0.3 is 0 Å². The Balaban J connectivity index is 1.90. The van der Waals surface area contributed by atoms with Gasteiger partial charge in [0.1, 0.15) is 0 Å². The van der Waals surface area contributed by atoms with Crippen molar-refractivity contribution in [2.24, 2.45) is 0 Å². The maximum absolute atomic E-state index is 9.64. The molecule has 1 aliphatic rings. The number of methoxy groups -OCH3 is 1. The average molecular weight is 289 g/mol. The number of aromatic nitrogens is 2. The number of benzene rings is 1. The Morgan fingerprint density at radius 2 is 2.10 bits per heavy atom. The first kappa shape index (κ1) is 14.4. The molecular formula is C16H23N3O2. The number of aryl methyl sites for hydroxylation is 1. The molecule has 0 unspecified atom stereocenters. The molecule has 21 heavy (non-hydrogen) atoms. The lowest BCUT2D eigenvalue weighted by atomic mass is 10.1. The molecule has 1 N–H and O–H groups in total. The molecule has 1 aromatic carbocycles.